The largest absolute Gasteiger partial charge is 0.507 e. The van der Waals surface area contributed by atoms with E-state index in [9.17, 15) is 14.7 Å². The summed E-state index contributed by atoms with van der Waals surface area (Å²) in [6, 6.07) is 24.2. The molecule has 35 heavy (non-hydrogen) atoms. The van der Waals surface area contributed by atoms with Crippen LogP contribution in [0.4, 0.5) is 0 Å². The summed E-state index contributed by atoms with van der Waals surface area (Å²) in [5, 5.41) is 11.4. The molecule has 1 amide bonds. The number of likely N-dealkylation sites (tertiary alicyclic amines) is 1. The van der Waals surface area contributed by atoms with Crippen LogP contribution in [0, 0.1) is 6.92 Å². The number of nitrogens with zero attached hydrogens (tertiary/aromatic N) is 1. The summed E-state index contributed by atoms with van der Waals surface area (Å²) in [7, 11) is 0. The maximum absolute atomic E-state index is 13.2. The van der Waals surface area contributed by atoms with Gasteiger partial charge in [-0.15, -0.1) is 0 Å². The number of hydrogen-bond acceptors (Lipinski definition) is 4. The summed E-state index contributed by atoms with van der Waals surface area (Å²) in [5.74, 6) is -0.580. The van der Waals surface area contributed by atoms with E-state index in [1.54, 1.807) is 23.1 Å². The van der Waals surface area contributed by atoms with Crippen LogP contribution in [0.3, 0.4) is 0 Å². The van der Waals surface area contributed by atoms with Gasteiger partial charge in [0, 0.05) is 11.6 Å². The number of aliphatic hydroxyl groups excluding tert-OH is 1. The first-order valence-electron chi connectivity index (χ1n) is 12.2. The van der Waals surface area contributed by atoms with E-state index in [4.69, 9.17) is 4.74 Å². The standard InChI is InChI=1S/C30H29NO4/c1-20-18-23(16-17-25(20)35-19-21-10-4-2-5-11-21)28(32)26-27(22-12-6-3-7-13-22)31(30(34)29(26)33)24-14-8-9-15-24/h2-7,10-13,16-18,24,27,32H,8-9,14-15,19H2,1H3/b28-26-. The molecule has 3 aromatic carbocycles. The highest BCUT2D eigenvalue weighted by atomic mass is 16.5. The fraction of sp³-hybridized carbons (Fsp3) is 0.267. The van der Waals surface area contributed by atoms with Gasteiger partial charge in [0.05, 0.1) is 11.6 Å². The number of Topliss-reactive ketones (excluding diaryl/α,β-unsaturated/α-hetero) is 1. The van der Waals surface area contributed by atoms with Crippen LogP contribution in [0.1, 0.15) is 54.0 Å². The average molecular weight is 468 g/mol. The Labute approximate surface area is 205 Å². The van der Waals surface area contributed by atoms with Crippen LogP contribution >= 0.6 is 0 Å². The first-order chi connectivity index (χ1) is 17.0. The number of aliphatic hydroxyl groups is 1. The predicted molar refractivity (Wildman–Crippen MR) is 135 cm³/mol. The highest BCUT2D eigenvalue weighted by molar-refractivity contribution is 6.46. The minimum Gasteiger partial charge on any atom is -0.507 e. The molecule has 0 radical (unpaired) electrons. The Hall–Kier alpha value is -3.86. The quantitative estimate of drug-likeness (QED) is 0.277. The van der Waals surface area contributed by atoms with Crippen molar-refractivity contribution < 1.29 is 19.4 Å². The Morgan fingerprint density at radius 2 is 1.60 bits per heavy atom. The fourth-order valence-corrected chi connectivity index (χ4v) is 5.22. The Kier molecular flexibility index (Phi) is 6.41. The fourth-order valence-electron chi connectivity index (χ4n) is 5.22. The van der Waals surface area contributed by atoms with Gasteiger partial charge >= 0.3 is 0 Å². The Bertz CT molecular complexity index is 1260. The summed E-state index contributed by atoms with van der Waals surface area (Å²) < 4.78 is 5.97. The lowest BCUT2D eigenvalue weighted by atomic mass is 9.94. The summed E-state index contributed by atoms with van der Waals surface area (Å²) in [5.41, 5.74) is 3.39. The van der Waals surface area contributed by atoms with Crippen LogP contribution in [-0.4, -0.2) is 27.7 Å². The lowest BCUT2D eigenvalue weighted by molar-refractivity contribution is -0.141. The Morgan fingerprint density at radius 3 is 2.26 bits per heavy atom. The summed E-state index contributed by atoms with van der Waals surface area (Å²) in [6.45, 7) is 2.34. The van der Waals surface area contributed by atoms with E-state index in [1.165, 1.54) is 0 Å². The highest BCUT2D eigenvalue weighted by Crippen LogP contribution is 2.43. The van der Waals surface area contributed by atoms with Crippen LogP contribution in [0.5, 0.6) is 5.75 Å². The van der Waals surface area contributed by atoms with Gasteiger partial charge in [-0.1, -0.05) is 73.5 Å². The van der Waals surface area contributed by atoms with Gasteiger partial charge in [0.15, 0.2) is 0 Å². The number of amides is 1. The molecule has 178 valence electrons. The van der Waals surface area contributed by atoms with Crippen LogP contribution in [0.2, 0.25) is 0 Å². The van der Waals surface area contributed by atoms with Gasteiger partial charge in [0.1, 0.15) is 18.1 Å². The number of carbonyl (C=O) groups is 2. The third-order valence-electron chi connectivity index (χ3n) is 7.00. The van der Waals surface area contributed by atoms with Crippen molar-refractivity contribution in [1.82, 2.24) is 4.90 Å². The van der Waals surface area contributed by atoms with E-state index in [-0.39, 0.29) is 17.4 Å². The molecule has 1 unspecified atom stereocenters. The third kappa shape index (κ3) is 4.46. The molecule has 5 rings (SSSR count). The van der Waals surface area contributed by atoms with Gasteiger partial charge < -0.3 is 14.7 Å². The van der Waals surface area contributed by atoms with Crippen LogP contribution in [0.25, 0.3) is 5.76 Å². The van der Waals surface area contributed by atoms with Crippen molar-refractivity contribution in [2.75, 3.05) is 0 Å². The monoisotopic (exact) mass is 467 g/mol. The number of ether oxygens (including phenoxy) is 1. The molecule has 1 saturated heterocycles. The molecule has 0 spiro atoms. The SMILES string of the molecule is Cc1cc(/C(O)=C2/C(=O)C(=O)N(C3CCCC3)C2c2ccccc2)ccc1OCc1ccccc1. The molecule has 1 aliphatic carbocycles. The van der Waals surface area contributed by atoms with E-state index >= 15 is 0 Å². The zero-order chi connectivity index (χ0) is 24.4. The number of rotatable bonds is 6. The minimum absolute atomic E-state index is 0.0115. The zero-order valence-electron chi connectivity index (χ0n) is 19.8. The molecular weight excluding hydrogens is 438 g/mol. The molecule has 1 heterocycles. The summed E-state index contributed by atoms with van der Waals surface area (Å²) in [4.78, 5) is 28.1. The lowest BCUT2D eigenvalue weighted by Gasteiger charge is -2.30. The van der Waals surface area contributed by atoms with E-state index < -0.39 is 17.7 Å². The number of carbonyl (C=O) groups excluding carboxylic acids is 2. The molecule has 1 aliphatic heterocycles. The summed E-state index contributed by atoms with van der Waals surface area (Å²) >= 11 is 0. The van der Waals surface area contributed by atoms with Crippen molar-refractivity contribution in [3.63, 3.8) is 0 Å². The molecule has 1 saturated carbocycles. The lowest BCUT2D eigenvalue weighted by Crippen LogP contribution is -2.37. The van der Waals surface area contributed by atoms with Crippen molar-refractivity contribution in [1.29, 1.82) is 0 Å². The van der Waals surface area contributed by atoms with Gasteiger partial charge in [-0.2, -0.15) is 0 Å². The second-order valence-electron chi connectivity index (χ2n) is 9.31. The normalized spacial score (nSPS) is 19.9. The Balaban J connectivity index is 1.50. The second-order valence-corrected chi connectivity index (χ2v) is 9.31. The smallest absolute Gasteiger partial charge is 0.295 e. The van der Waals surface area contributed by atoms with Crippen molar-refractivity contribution in [2.45, 2.75) is 51.3 Å². The molecule has 5 nitrogen and oxygen atoms in total. The van der Waals surface area contributed by atoms with E-state index in [0.29, 0.717) is 17.9 Å². The highest BCUT2D eigenvalue weighted by Gasteiger charge is 2.49. The maximum atomic E-state index is 13.2. The molecular formula is C30H29NO4. The van der Waals surface area contributed by atoms with Crippen LogP contribution < -0.4 is 4.74 Å². The molecule has 0 aromatic heterocycles. The van der Waals surface area contributed by atoms with Gasteiger partial charge in [0.2, 0.25) is 0 Å². The van der Waals surface area contributed by atoms with Crippen molar-refractivity contribution >= 4 is 17.4 Å². The van der Waals surface area contributed by atoms with Gasteiger partial charge in [-0.05, 0) is 54.7 Å². The third-order valence-corrected chi connectivity index (χ3v) is 7.00. The molecule has 3 aromatic rings. The number of aryl methyl sites for hydroxylation is 1. The average Bonchev–Trinajstić information content (AvgIpc) is 3.50. The van der Waals surface area contributed by atoms with E-state index in [1.807, 2.05) is 67.6 Å². The van der Waals surface area contributed by atoms with Crippen LogP contribution in [-0.2, 0) is 16.2 Å². The van der Waals surface area contributed by atoms with Gasteiger partial charge in [0.25, 0.3) is 11.7 Å². The Morgan fingerprint density at radius 1 is 0.943 bits per heavy atom. The first-order valence-corrected chi connectivity index (χ1v) is 12.2. The molecule has 2 fully saturated rings. The van der Waals surface area contributed by atoms with Crippen LogP contribution in [0.15, 0.2) is 84.4 Å². The van der Waals surface area contributed by atoms with E-state index in [2.05, 4.69) is 0 Å². The molecule has 5 heteroatoms. The molecule has 0 bridgehead atoms. The van der Waals surface area contributed by atoms with Gasteiger partial charge in [-0.25, -0.2) is 0 Å². The molecule has 1 N–H and O–H groups in total. The van der Waals surface area contributed by atoms with Crippen molar-refractivity contribution in [3.8, 4) is 5.75 Å². The van der Waals surface area contributed by atoms with Gasteiger partial charge in [-0.3, -0.25) is 9.59 Å². The van der Waals surface area contributed by atoms with E-state index in [0.717, 1.165) is 42.4 Å². The number of hydrogen-bond donors (Lipinski definition) is 1. The summed E-state index contributed by atoms with van der Waals surface area (Å²) in [6.07, 6.45) is 3.84. The van der Waals surface area contributed by atoms with Crippen molar-refractivity contribution in [2.24, 2.45) is 0 Å². The minimum atomic E-state index is -0.620. The zero-order valence-corrected chi connectivity index (χ0v) is 19.8. The number of benzene rings is 3. The molecule has 1 atom stereocenters. The second kappa shape index (κ2) is 9.79. The number of ketones is 1. The maximum Gasteiger partial charge on any atom is 0.295 e. The predicted octanol–water partition coefficient (Wildman–Crippen LogP) is 5.94. The molecule has 2 aliphatic rings. The first kappa shape index (κ1) is 22.9. The topological polar surface area (TPSA) is 66.8 Å². The van der Waals surface area contributed by atoms with Crippen molar-refractivity contribution in [3.05, 3.63) is 107 Å².